The van der Waals surface area contributed by atoms with E-state index in [2.05, 4.69) is 62.4 Å². The van der Waals surface area contributed by atoms with E-state index < -0.39 is 10.4 Å². The van der Waals surface area contributed by atoms with Gasteiger partial charge in [0.1, 0.15) is 11.5 Å². The molecule has 0 heterocycles. The second-order valence-electron chi connectivity index (χ2n) is 9.22. The molecule has 192 valence electrons. The van der Waals surface area contributed by atoms with Crippen molar-refractivity contribution in [2.24, 2.45) is 0 Å². The molecule has 0 fully saturated rings. The van der Waals surface area contributed by atoms with Gasteiger partial charge in [-0.15, -0.1) is 8.42 Å². The molecule has 0 atom stereocenters. The number of aryl methyl sites for hydroxylation is 2. The zero-order valence-electron chi connectivity index (χ0n) is 21.5. The number of hydrogen-bond acceptors (Lipinski definition) is 4. The van der Waals surface area contributed by atoms with Crippen molar-refractivity contribution in [1.82, 2.24) is 0 Å². The Balaban J connectivity index is 1.35. The minimum Gasteiger partial charge on any atom is -0.353 e. The Morgan fingerprint density at radius 3 is 1.08 bits per heavy atom. The van der Waals surface area contributed by atoms with Gasteiger partial charge in [0.15, 0.2) is 0 Å². The molecule has 0 unspecified atom stereocenters. The number of rotatable bonds is 12. The second kappa shape index (κ2) is 12.6. The molecule has 0 N–H and O–H groups in total. The predicted molar refractivity (Wildman–Crippen MR) is 151 cm³/mol. The highest BCUT2D eigenvalue weighted by Crippen LogP contribution is 2.26. The number of unbranched alkanes of at least 4 members (excludes halogenated alkanes) is 2. The van der Waals surface area contributed by atoms with Gasteiger partial charge in [-0.25, -0.2) is 0 Å². The van der Waals surface area contributed by atoms with E-state index in [9.17, 15) is 8.42 Å². The van der Waals surface area contributed by atoms with Gasteiger partial charge in [-0.1, -0.05) is 99.5 Å². The van der Waals surface area contributed by atoms with Crippen LogP contribution in [0.4, 0.5) is 0 Å². The summed E-state index contributed by atoms with van der Waals surface area (Å²) in [6.07, 6.45) is 6.87. The molecular weight excluding hydrogens is 480 g/mol. The largest absolute Gasteiger partial charge is 0.500 e. The van der Waals surface area contributed by atoms with Crippen molar-refractivity contribution in [3.63, 3.8) is 0 Å². The molecule has 4 aromatic carbocycles. The fourth-order valence-corrected chi connectivity index (χ4v) is 4.88. The summed E-state index contributed by atoms with van der Waals surface area (Å²) in [5.41, 5.74) is 6.76. The molecule has 4 aromatic rings. The summed E-state index contributed by atoms with van der Waals surface area (Å²) < 4.78 is 35.3. The van der Waals surface area contributed by atoms with Crippen LogP contribution in [0.15, 0.2) is 97.1 Å². The molecule has 0 aliphatic carbocycles. The zero-order valence-corrected chi connectivity index (χ0v) is 22.3. The molecule has 0 aliphatic rings. The Hall–Kier alpha value is -3.57. The molecule has 37 heavy (non-hydrogen) atoms. The van der Waals surface area contributed by atoms with E-state index in [1.807, 2.05) is 24.3 Å². The summed E-state index contributed by atoms with van der Waals surface area (Å²) >= 11 is 0. The molecule has 0 saturated heterocycles. The molecule has 0 aromatic heterocycles. The van der Waals surface area contributed by atoms with Crippen molar-refractivity contribution in [3.05, 3.63) is 108 Å². The van der Waals surface area contributed by atoms with Gasteiger partial charge in [0.2, 0.25) is 0 Å². The molecule has 0 saturated carbocycles. The van der Waals surface area contributed by atoms with Crippen LogP contribution in [0.5, 0.6) is 11.5 Å². The summed E-state index contributed by atoms with van der Waals surface area (Å²) in [4.78, 5) is 0. The topological polar surface area (TPSA) is 52.6 Å². The first-order valence-electron chi connectivity index (χ1n) is 13.0. The number of hydrogen-bond donors (Lipinski definition) is 0. The maximum Gasteiger partial charge on any atom is 0.500 e. The van der Waals surface area contributed by atoms with Crippen LogP contribution in [0.1, 0.15) is 50.7 Å². The van der Waals surface area contributed by atoms with Crippen molar-refractivity contribution < 1.29 is 16.8 Å². The third kappa shape index (κ3) is 7.70. The van der Waals surface area contributed by atoms with Crippen molar-refractivity contribution in [2.45, 2.75) is 52.4 Å². The lowest BCUT2D eigenvalue weighted by Gasteiger charge is -2.10. The lowest BCUT2D eigenvalue weighted by molar-refractivity contribution is 0.392. The maximum absolute atomic E-state index is 12.5. The summed E-state index contributed by atoms with van der Waals surface area (Å²) in [6, 6.07) is 30.8. The first-order valence-corrected chi connectivity index (χ1v) is 14.3. The van der Waals surface area contributed by atoms with Crippen molar-refractivity contribution in [1.29, 1.82) is 0 Å². The van der Waals surface area contributed by atoms with Gasteiger partial charge in [-0.2, -0.15) is 0 Å². The van der Waals surface area contributed by atoms with Crippen LogP contribution in [0.3, 0.4) is 0 Å². The summed E-state index contributed by atoms with van der Waals surface area (Å²) in [5.74, 6) is 0.395. The van der Waals surface area contributed by atoms with Gasteiger partial charge in [0.05, 0.1) is 0 Å². The highest BCUT2D eigenvalue weighted by molar-refractivity contribution is 7.82. The minimum atomic E-state index is -4.27. The molecule has 0 aliphatic heterocycles. The van der Waals surface area contributed by atoms with E-state index in [4.69, 9.17) is 8.37 Å². The third-order valence-electron chi connectivity index (χ3n) is 6.32. The molecular formula is C32H34O4S. The SMILES string of the molecule is CCCCc1ccc(-c2ccc(OS(=O)(=O)Oc3ccc(-c4ccc(CCCC)cc4)cc3)cc2)cc1. The van der Waals surface area contributed by atoms with Crippen LogP contribution in [0.25, 0.3) is 22.3 Å². The van der Waals surface area contributed by atoms with Crippen LogP contribution in [-0.2, 0) is 23.2 Å². The van der Waals surface area contributed by atoms with E-state index >= 15 is 0 Å². The van der Waals surface area contributed by atoms with Crippen LogP contribution >= 0.6 is 0 Å². The van der Waals surface area contributed by atoms with Gasteiger partial charge in [-0.05, 0) is 83.3 Å². The average Bonchev–Trinajstić information content (AvgIpc) is 2.92. The van der Waals surface area contributed by atoms with Crippen LogP contribution in [-0.4, -0.2) is 8.42 Å². The monoisotopic (exact) mass is 514 g/mol. The normalized spacial score (nSPS) is 11.3. The standard InChI is InChI=1S/C32H34O4S/c1-3-5-7-25-9-13-27(14-10-25)29-17-21-31(22-18-29)35-37(33,34)36-32-23-19-30(20-24-32)28-15-11-26(12-16-28)8-6-4-2/h9-24H,3-8H2,1-2H3. The fraction of sp³-hybridized carbons (Fsp3) is 0.250. The molecule has 0 bridgehead atoms. The third-order valence-corrected chi connectivity index (χ3v) is 7.11. The highest BCUT2D eigenvalue weighted by atomic mass is 32.3. The Labute approximate surface area is 221 Å². The van der Waals surface area contributed by atoms with E-state index in [1.54, 1.807) is 24.3 Å². The molecule has 4 nitrogen and oxygen atoms in total. The highest BCUT2D eigenvalue weighted by Gasteiger charge is 2.16. The quantitative estimate of drug-likeness (QED) is 0.190. The molecule has 0 radical (unpaired) electrons. The van der Waals surface area contributed by atoms with Crippen molar-refractivity contribution in [2.75, 3.05) is 0 Å². The molecule has 5 heteroatoms. The summed E-state index contributed by atoms with van der Waals surface area (Å²) in [7, 11) is -4.27. The van der Waals surface area contributed by atoms with Crippen molar-refractivity contribution in [3.8, 4) is 33.8 Å². The van der Waals surface area contributed by atoms with E-state index in [-0.39, 0.29) is 11.5 Å². The smallest absolute Gasteiger partial charge is 0.353 e. The first kappa shape index (κ1) is 26.5. The predicted octanol–water partition coefficient (Wildman–Crippen LogP) is 8.41. The summed E-state index contributed by atoms with van der Waals surface area (Å²) in [5, 5.41) is 0. The van der Waals surface area contributed by atoms with Crippen LogP contribution in [0.2, 0.25) is 0 Å². The average molecular weight is 515 g/mol. The summed E-state index contributed by atoms with van der Waals surface area (Å²) in [6.45, 7) is 4.38. The Kier molecular flexibility index (Phi) is 9.02. The van der Waals surface area contributed by atoms with Gasteiger partial charge in [0.25, 0.3) is 0 Å². The van der Waals surface area contributed by atoms with Crippen LogP contribution in [0, 0.1) is 0 Å². The molecule has 0 spiro atoms. The van der Waals surface area contributed by atoms with E-state index in [1.165, 1.54) is 36.8 Å². The lowest BCUT2D eigenvalue weighted by Crippen LogP contribution is -2.16. The minimum absolute atomic E-state index is 0.197. The first-order chi connectivity index (χ1) is 18.0. The zero-order chi connectivity index (χ0) is 26.1. The fourth-order valence-electron chi connectivity index (χ4n) is 4.15. The maximum atomic E-state index is 12.5. The van der Waals surface area contributed by atoms with E-state index in [0.717, 1.165) is 35.1 Å². The van der Waals surface area contributed by atoms with Gasteiger partial charge >= 0.3 is 10.4 Å². The van der Waals surface area contributed by atoms with Gasteiger partial charge in [-0.3, -0.25) is 0 Å². The lowest BCUT2D eigenvalue weighted by atomic mass is 10.0. The van der Waals surface area contributed by atoms with E-state index in [0.29, 0.717) is 0 Å². The molecule has 4 rings (SSSR count). The van der Waals surface area contributed by atoms with Crippen molar-refractivity contribution >= 4 is 10.4 Å². The Morgan fingerprint density at radius 2 is 0.784 bits per heavy atom. The Bertz CT molecular complexity index is 1250. The van der Waals surface area contributed by atoms with Gasteiger partial charge in [0, 0.05) is 0 Å². The Morgan fingerprint density at radius 1 is 0.486 bits per heavy atom. The number of benzene rings is 4. The van der Waals surface area contributed by atoms with Crippen LogP contribution < -0.4 is 8.37 Å². The second-order valence-corrected chi connectivity index (χ2v) is 10.4. The van der Waals surface area contributed by atoms with Gasteiger partial charge < -0.3 is 8.37 Å². The molecule has 0 amide bonds.